The summed E-state index contributed by atoms with van der Waals surface area (Å²) in [6.07, 6.45) is 0.127. The van der Waals surface area contributed by atoms with Gasteiger partial charge in [0.25, 0.3) is 0 Å². The van der Waals surface area contributed by atoms with E-state index in [2.05, 4.69) is 32.9 Å². The number of carbonyl (C=O) groups is 2. The number of para-hydroxylation sites is 2. The van der Waals surface area contributed by atoms with Crippen LogP contribution in [-0.4, -0.2) is 41.3 Å². The Morgan fingerprint density at radius 1 is 1.26 bits per heavy atom. The molecule has 1 fully saturated rings. The lowest BCUT2D eigenvalue weighted by atomic mass is 10.2. The molecule has 0 aliphatic carbocycles. The number of amidine groups is 1. The molecule has 1 heterocycles. The zero-order valence-corrected chi connectivity index (χ0v) is 17.8. The lowest BCUT2D eigenvalue weighted by Gasteiger charge is -2.29. The first-order chi connectivity index (χ1) is 13.0. The number of halogens is 1. The summed E-state index contributed by atoms with van der Waals surface area (Å²) in [5, 5.41) is 2.80. The van der Waals surface area contributed by atoms with E-state index in [-0.39, 0.29) is 18.2 Å². The van der Waals surface area contributed by atoms with Crippen LogP contribution >= 0.6 is 34.4 Å². The fraction of sp³-hybridized carbons (Fsp3) is 0.211. The molecule has 6 nitrogen and oxygen atoms in total. The zero-order chi connectivity index (χ0) is 19.4. The Labute approximate surface area is 175 Å². The van der Waals surface area contributed by atoms with Gasteiger partial charge in [0, 0.05) is 22.7 Å². The van der Waals surface area contributed by atoms with Crippen molar-refractivity contribution in [2.75, 3.05) is 19.5 Å². The summed E-state index contributed by atoms with van der Waals surface area (Å²) in [6, 6.07) is 14.8. The van der Waals surface area contributed by atoms with Crippen LogP contribution in [0.3, 0.4) is 0 Å². The third-order valence-corrected chi connectivity index (χ3v) is 5.93. The lowest BCUT2D eigenvalue weighted by Crippen LogP contribution is -2.43. The summed E-state index contributed by atoms with van der Waals surface area (Å²) in [6.45, 7) is 0. The summed E-state index contributed by atoms with van der Waals surface area (Å²) in [5.74, 6) is 0.248. The van der Waals surface area contributed by atoms with Crippen molar-refractivity contribution in [1.82, 2.24) is 4.90 Å². The van der Waals surface area contributed by atoms with Gasteiger partial charge in [-0.15, -0.1) is 0 Å². The van der Waals surface area contributed by atoms with Crippen LogP contribution in [0.5, 0.6) is 5.75 Å². The molecule has 8 heteroatoms. The number of anilines is 1. The van der Waals surface area contributed by atoms with E-state index >= 15 is 0 Å². The number of methoxy groups -OCH3 is 1. The summed E-state index contributed by atoms with van der Waals surface area (Å²) >= 11 is 3.48. The summed E-state index contributed by atoms with van der Waals surface area (Å²) in [5.41, 5.74) is 1.32. The topological polar surface area (TPSA) is 71.0 Å². The minimum atomic E-state index is -0.540. The minimum absolute atomic E-state index is 0.127. The maximum atomic E-state index is 12.6. The van der Waals surface area contributed by atoms with Gasteiger partial charge in [0.15, 0.2) is 5.17 Å². The number of ether oxygens (including phenoxy) is 1. The van der Waals surface area contributed by atoms with E-state index in [1.54, 1.807) is 26.3 Å². The number of amides is 2. The van der Waals surface area contributed by atoms with Gasteiger partial charge in [-0.25, -0.2) is 4.99 Å². The van der Waals surface area contributed by atoms with E-state index in [0.717, 1.165) is 3.57 Å². The highest BCUT2D eigenvalue weighted by Gasteiger charge is 2.34. The average molecular weight is 495 g/mol. The third-order valence-electron chi connectivity index (χ3n) is 3.97. The maximum Gasteiger partial charge on any atom is 0.238 e. The molecular formula is C19H18IN3O3S. The Balaban J connectivity index is 1.80. The van der Waals surface area contributed by atoms with Gasteiger partial charge in [0.1, 0.15) is 16.7 Å². The molecule has 27 heavy (non-hydrogen) atoms. The molecule has 1 aliphatic heterocycles. The number of rotatable bonds is 4. The average Bonchev–Trinajstić information content (AvgIpc) is 2.67. The van der Waals surface area contributed by atoms with Crippen LogP contribution in [0.1, 0.15) is 6.42 Å². The van der Waals surface area contributed by atoms with Gasteiger partial charge in [-0.1, -0.05) is 23.9 Å². The van der Waals surface area contributed by atoms with Gasteiger partial charge >= 0.3 is 0 Å². The molecule has 0 spiro atoms. The van der Waals surface area contributed by atoms with E-state index < -0.39 is 5.25 Å². The molecule has 1 saturated heterocycles. The quantitative estimate of drug-likeness (QED) is 0.654. The molecule has 2 amide bonds. The largest absolute Gasteiger partial charge is 0.494 e. The molecule has 140 valence electrons. The van der Waals surface area contributed by atoms with E-state index in [1.807, 2.05) is 36.4 Å². The second-order valence-corrected chi connectivity index (χ2v) is 8.24. The molecule has 2 aromatic rings. The number of nitrogens with one attached hydrogen (secondary N) is 1. The Kier molecular flexibility index (Phi) is 6.38. The molecule has 1 unspecified atom stereocenters. The van der Waals surface area contributed by atoms with E-state index in [4.69, 9.17) is 4.74 Å². The monoisotopic (exact) mass is 495 g/mol. The van der Waals surface area contributed by atoms with Gasteiger partial charge in [-0.2, -0.15) is 0 Å². The molecule has 0 radical (unpaired) electrons. The Morgan fingerprint density at radius 2 is 1.96 bits per heavy atom. The summed E-state index contributed by atoms with van der Waals surface area (Å²) in [7, 11) is 3.23. The van der Waals surface area contributed by atoms with Crippen LogP contribution in [0, 0.1) is 3.57 Å². The van der Waals surface area contributed by atoms with E-state index in [1.165, 1.54) is 16.7 Å². The fourth-order valence-electron chi connectivity index (χ4n) is 2.48. The predicted molar refractivity (Wildman–Crippen MR) is 117 cm³/mol. The summed E-state index contributed by atoms with van der Waals surface area (Å²) < 4.78 is 6.40. The van der Waals surface area contributed by atoms with Crippen molar-refractivity contribution in [2.24, 2.45) is 4.99 Å². The lowest BCUT2D eigenvalue weighted by molar-refractivity contribution is -0.128. The highest BCUT2D eigenvalue weighted by Crippen LogP contribution is 2.32. The molecule has 1 aliphatic rings. The number of thioether (sulfide) groups is 1. The van der Waals surface area contributed by atoms with Crippen LogP contribution in [0.15, 0.2) is 53.5 Å². The van der Waals surface area contributed by atoms with Crippen LogP contribution in [0.25, 0.3) is 0 Å². The molecule has 2 aromatic carbocycles. The highest BCUT2D eigenvalue weighted by atomic mass is 127. The molecule has 3 rings (SSSR count). The van der Waals surface area contributed by atoms with Crippen molar-refractivity contribution < 1.29 is 14.3 Å². The van der Waals surface area contributed by atoms with Crippen LogP contribution < -0.4 is 10.1 Å². The van der Waals surface area contributed by atoms with Gasteiger partial charge in [-0.3, -0.25) is 14.5 Å². The number of hydrogen-bond donors (Lipinski definition) is 1. The molecule has 1 N–H and O–H groups in total. The second kappa shape index (κ2) is 8.75. The number of nitrogens with zero attached hydrogens (tertiary/aromatic N) is 2. The van der Waals surface area contributed by atoms with Gasteiger partial charge in [0.05, 0.1) is 7.11 Å². The van der Waals surface area contributed by atoms with Gasteiger partial charge in [0.2, 0.25) is 11.8 Å². The summed E-state index contributed by atoms with van der Waals surface area (Å²) in [4.78, 5) is 31.1. The first-order valence-electron chi connectivity index (χ1n) is 8.19. The minimum Gasteiger partial charge on any atom is -0.494 e. The number of carbonyl (C=O) groups excluding carboxylic acids is 2. The van der Waals surface area contributed by atoms with Crippen molar-refractivity contribution in [1.29, 1.82) is 0 Å². The molecule has 1 atom stereocenters. The number of hydrogen-bond acceptors (Lipinski definition) is 5. The first-order valence-corrected chi connectivity index (χ1v) is 10.1. The zero-order valence-electron chi connectivity index (χ0n) is 14.8. The van der Waals surface area contributed by atoms with E-state index in [9.17, 15) is 9.59 Å². The Hall–Kier alpha value is -2.07. The van der Waals surface area contributed by atoms with Crippen molar-refractivity contribution in [3.05, 3.63) is 52.1 Å². The van der Waals surface area contributed by atoms with Crippen molar-refractivity contribution in [3.8, 4) is 5.75 Å². The molecular weight excluding hydrogens is 477 g/mol. The highest BCUT2D eigenvalue weighted by molar-refractivity contribution is 14.1. The Morgan fingerprint density at radius 3 is 2.67 bits per heavy atom. The van der Waals surface area contributed by atoms with Crippen LogP contribution in [0.4, 0.5) is 11.4 Å². The number of aliphatic imine (C=N–C) groups is 1. The Bertz CT molecular complexity index is 886. The number of benzene rings is 2. The molecule has 0 saturated carbocycles. The van der Waals surface area contributed by atoms with Crippen LogP contribution in [0.2, 0.25) is 0 Å². The van der Waals surface area contributed by atoms with Crippen molar-refractivity contribution >= 4 is 62.7 Å². The molecule has 0 bridgehead atoms. The molecule has 0 aromatic heterocycles. The predicted octanol–water partition coefficient (Wildman–Crippen LogP) is 3.89. The van der Waals surface area contributed by atoms with Crippen LogP contribution in [-0.2, 0) is 9.59 Å². The second-order valence-electron chi connectivity index (χ2n) is 5.83. The van der Waals surface area contributed by atoms with Crippen molar-refractivity contribution in [2.45, 2.75) is 11.7 Å². The third kappa shape index (κ3) is 4.81. The van der Waals surface area contributed by atoms with Gasteiger partial charge < -0.3 is 10.1 Å². The maximum absolute atomic E-state index is 12.6. The van der Waals surface area contributed by atoms with Gasteiger partial charge in [-0.05, 0) is 59.0 Å². The fourth-order valence-corrected chi connectivity index (χ4v) is 3.90. The first kappa shape index (κ1) is 19.7. The standard InChI is InChI=1S/C19H18IN3O3S/c1-23-17(24)11-16(18(25)21-13-9-7-12(20)8-10-13)27-19(23)22-14-5-3-4-6-15(14)26-2/h3-10,16H,11H2,1-2H3,(H,21,25). The normalized spacial score (nSPS) is 18.5. The SMILES string of the molecule is COc1ccccc1N=C1SC(C(=O)Nc2ccc(I)cc2)CC(=O)N1C. The smallest absolute Gasteiger partial charge is 0.238 e. The van der Waals surface area contributed by atoms with Crippen molar-refractivity contribution in [3.63, 3.8) is 0 Å². The van der Waals surface area contributed by atoms with E-state index in [0.29, 0.717) is 22.3 Å².